The van der Waals surface area contributed by atoms with Crippen molar-refractivity contribution in [1.29, 1.82) is 0 Å². The van der Waals surface area contributed by atoms with Gasteiger partial charge in [-0.3, -0.25) is 18.9 Å². The Hall–Kier alpha value is -2.92. The van der Waals surface area contributed by atoms with Gasteiger partial charge in [0, 0.05) is 38.4 Å². The van der Waals surface area contributed by atoms with Crippen LogP contribution in [0, 0.1) is 0 Å². The molecule has 2 saturated heterocycles. The topological polar surface area (TPSA) is 87.5 Å². The molecule has 2 aliphatic heterocycles. The molecule has 0 atom stereocenters. The number of carbonyl (C=O) groups is 2. The highest BCUT2D eigenvalue weighted by Gasteiger charge is 2.35. The number of carbonyl (C=O) groups excluding carboxylic acids is 2. The largest absolute Gasteiger partial charge is 0.450 e. The minimum Gasteiger partial charge on any atom is -0.450 e. The van der Waals surface area contributed by atoms with E-state index < -0.39 is 0 Å². The number of hydrogen-bond donors (Lipinski definition) is 0. The molecule has 2 amide bonds. The first kappa shape index (κ1) is 23.2. The Bertz CT molecular complexity index is 1200. The zero-order chi connectivity index (χ0) is 23.7. The third-order valence-electron chi connectivity index (χ3n) is 5.47. The summed E-state index contributed by atoms with van der Waals surface area (Å²) in [5, 5.41) is 0. The Labute approximate surface area is 201 Å². The van der Waals surface area contributed by atoms with E-state index in [0.717, 1.165) is 0 Å². The van der Waals surface area contributed by atoms with Crippen LogP contribution in [0.3, 0.4) is 0 Å². The number of hydrogen-bond acceptors (Lipinski definition) is 8. The number of nitrogens with zero attached hydrogens (tertiary/aromatic N) is 5. The van der Waals surface area contributed by atoms with E-state index in [-0.39, 0.29) is 23.6 Å². The summed E-state index contributed by atoms with van der Waals surface area (Å²) in [6, 6.07) is 5.27. The molecule has 11 heteroatoms. The van der Waals surface area contributed by atoms with Crippen molar-refractivity contribution in [2.45, 2.75) is 26.8 Å². The molecule has 4 rings (SSSR count). The maximum atomic E-state index is 13.4. The normalized spacial score (nSPS) is 18.2. The van der Waals surface area contributed by atoms with Gasteiger partial charge in [0.25, 0.3) is 11.5 Å². The molecule has 2 fully saturated rings. The molecule has 33 heavy (non-hydrogen) atoms. The van der Waals surface area contributed by atoms with Crippen LogP contribution in [0.2, 0.25) is 0 Å². The highest BCUT2D eigenvalue weighted by atomic mass is 32.2. The van der Waals surface area contributed by atoms with Crippen LogP contribution in [0.1, 0.15) is 26.3 Å². The number of rotatable bonds is 4. The van der Waals surface area contributed by atoms with Gasteiger partial charge in [0.05, 0.1) is 17.1 Å². The Balaban J connectivity index is 1.74. The van der Waals surface area contributed by atoms with Crippen molar-refractivity contribution in [2.75, 3.05) is 37.7 Å². The number of anilines is 1. The number of aromatic nitrogens is 2. The van der Waals surface area contributed by atoms with Crippen LogP contribution in [0.5, 0.6) is 0 Å². The summed E-state index contributed by atoms with van der Waals surface area (Å²) in [6.45, 7) is 7.76. The average Bonchev–Trinajstić information content (AvgIpc) is 3.08. The Kier molecular flexibility index (Phi) is 6.71. The van der Waals surface area contributed by atoms with Crippen LogP contribution in [0.15, 0.2) is 34.1 Å². The molecule has 2 aliphatic rings. The third-order valence-corrected chi connectivity index (χ3v) is 6.80. The fraction of sp³-hybridized carbons (Fsp3) is 0.409. The lowest BCUT2D eigenvalue weighted by molar-refractivity contribution is -0.123. The minimum absolute atomic E-state index is 0.0744. The van der Waals surface area contributed by atoms with Crippen molar-refractivity contribution < 1.29 is 14.3 Å². The first-order chi connectivity index (χ1) is 15.8. The van der Waals surface area contributed by atoms with Crippen LogP contribution < -0.4 is 10.5 Å². The van der Waals surface area contributed by atoms with Gasteiger partial charge in [-0.15, -0.1) is 0 Å². The van der Waals surface area contributed by atoms with Gasteiger partial charge >= 0.3 is 6.09 Å². The Morgan fingerprint density at radius 1 is 1.24 bits per heavy atom. The summed E-state index contributed by atoms with van der Waals surface area (Å²) in [5.41, 5.74) is 0.572. The fourth-order valence-corrected chi connectivity index (χ4v) is 5.34. The second-order valence-corrected chi connectivity index (χ2v) is 9.58. The first-order valence-corrected chi connectivity index (χ1v) is 12.0. The minimum atomic E-state index is -0.346. The summed E-state index contributed by atoms with van der Waals surface area (Å²) in [4.78, 5) is 48.8. The molecular weight excluding hydrogens is 462 g/mol. The molecule has 0 N–H and O–H groups in total. The van der Waals surface area contributed by atoms with Gasteiger partial charge in [-0.25, -0.2) is 9.78 Å². The summed E-state index contributed by atoms with van der Waals surface area (Å²) >= 11 is 6.57. The number of amides is 2. The highest BCUT2D eigenvalue weighted by Crippen LogP contribution is 2.34. The van der Waals surface area contributed by atoms with Crippen molar-refractivity contribution in [2.24, 2.45) is 0 Å². The van der Waals surface area contributed by atoms with Crippen molar-refractivity contribution in [1.82, 2.24) is 19.2 Å². The lowest BCUT2D eigenvalue weighted by Crippen LogP contribution is -2.49. The SMILES string of the molecule is CCOC(=O)N1CCN(c2nc3ccccn3c(=O)c2/C=C2\SC(=S)N(C(C)C)C2=O)CC1. The van der Waals surface area contributed by atoms with Gasteiger partial charge in [0.2, 0.25) is 0 Å². The van der Waals surface area contributed by atoms with E-state index in [1.165, 1.54) is 16.2 Å². The van der Waals surface area contributed by atoms with Crippen LogP contribution in [-0.4, -0.2) is 74.3 Å². The predicted octanol–water partition coefficient (Wildman–Crippen LogP) is 2.58. The zero-order valence-corrected chi connectivity index (χ0v) is 20.3. The molecule has 0 aromatic carbocycles. The van der Waals surface area contributed by atoms with E-state index >= 15 is 0 Å². The van der Waals surface area contributed by atoms with Crippen molar-refractivity contribution >= 4 is 57.8 Å². The molecule has 0 aliphatic carbocycles. The lowest BCUT2D eigenvalue weighted by atomic mass is 10.2. The number of thioether (sulfide) groups is 1. The Morgan fingerprint density at radius 2 is 1.97 bits per heavy atom. The maximum Gasteiger partial charge on any atom is 0.409 e. The molecule has 0 spiro atoms. The quantitative estimate of drug-likeness (QED) is 0.481. The molecular formula is C22H25N5O4S2. The van der Waals surface area contributed by atoms with E-state index in [4.69, 9.17) is 21.9 Å². The summed E-state index contributed by atoms with van der Waals surface area (Å²) in [6.07, 6.45) is 2.91. The van der Waals surface area contributed by atoms with Crippen LogP contribution in [0.4, 0.5) is 10.6 Å². The molecule has 2 aromatic rings. The van der Waals surface area contributed by atoms with Gasteiger partial charge < -0.3 is 14.5 Å². The molecule has 2 aromatic heterocycles. The van der Waals surface area contributed by atoms with Crippen molar-refractivity contribution in [3.05, 3.63) is 45.2 Å². The molecule has 0 unspecified atom stereocenters. The third kappa shape index (κ3) is 4.47. The molecule has 4 heterocycles. The van der Waals surface area contributed by atoms with Crippen molar-refractivity contribution in [3.63, 3.8) is 0 Å². The Morgan fingerprint density at radius 3 is 2.61 bits per heavy atom. The van der Waals surface area contributed by atoms with Crippen molar-refractivity contribution in [3.8, 4) is 0 Å². The smallest absolute Gasteiger partial charge is 0.409 e. The summed E-state index contributed by atoms with van der Waals surface area (Å²) in [5.74, 6) is 0.278. The van der Waals surface area contributed by atoms with Gasteiger partial charge in [0.1, 0.15) is 15.8 Å². The second-order valence-electron chi connectivity index (χ2n) is 7.90. The van der Waals surface area contributed by atoms with Crippen LogP contribution >= 0.6 is 24.0 Å². The average molecular weight is 488 g/mol. The fourth-order valence-electron chi connectivity index (χ4n) is 3.83. The van der Waals surface area contributed by atoms with Gasteiger partial charge in [-0.2, -0.15) is 0 Å². The zero-order valence-electron chi connectivity index (χ0n) is 18.7. The summed E-state index contributed by atoms with van der Waals surface area (Å²) in [7, 11) is 0. The van der Waals surface area contributed by atoms with Gasteiger partial charge in [0.15, 0.2) is 0 Å². The molecule has 0 saturated carbocycles. The number of piperazine rings is 1. The van der Waals surface area contributed by atoms with E-state index in [0.29, 0.717) is 59.0 Å². The van der Waals surface area contributed by atoms with Crippen LogP contribution in [0.25, 0.3) is 11.7 Å². The second kappa shape index (κ2) is 9.52. The number of ether oxygens (including phenoxy) is 1. The van der Waals surface area contributed by atoms with Crippen LogP contribution in [-0.2, 0) is 9.53 Å². The first-order valence-electron chi connectivity index (χ1n) is 10.8. The highest BCUT2D eigenvalue weighted by molar-refractivity contribution is 8.26. The van der Waals surface area contributed by atoms with Gasteiger partial charge in [-0.05, 0) is 39.0 Å². The molecule has 0 bridgehead atoms. The van der Waals surface area contributed by atoms with E-state index in [1.807, 2.05) is 24.8 Å². The predicted molar refractivity (Wildman–Crippen MR) is 132 cm³/mol. The van der Waals surface area contributed by atoms with Gasteiger partial charge in [-0.1, -0.05) is 30.0 Å². The number of thiocarbonyl (C=S) groups is 1. The molecule has 9 nitrogen and oxygen atoms in total. The molecule has 174 valence electrons. The molecule has 0 radical (unpaired) electrons. The summed E-state index contributed by atoms with van der Waals surface area (Å²) < 4.78 is 7.03. The number of pyridine rings is 1. The maximum absolute atomic E-state index is 13.4. The monoisotopic (exact) mass is 487 g/mol. The van der Waals surface area contributed by atoms with E-state index in [1.54, 1.807) is 41.1 Å². The standard InChI is InChI=1S/C22H25N5O4S2/c1-4-31-21(30)25-11-9-24(10-12-25)18-15(19(28)26-8-6-5-7-17(26)23-18)13-16-20(29)27(14(2)3)22(32)33-16/h5-8,13-14H,4,9-12H2,1-3H3/b16-13-. The van der Waals surface area contributed by atoms with E-state index in [9.17, 15) is 14.4 Å². The lowest BCUT2D eigenvalue weighted by Gasteiger charge is -2.35. The van der Waals surface area contributed by atoms with E-state index in [2.05, 4.69) is 0 Å². The number of fused-ring (bicyclic) bond motifs is 1.